The Labute approximate surface area is 185 Å². The lowest BCUT2D eigenvalue weighted by Gasteiger charge is -2.29. The number of nitrogens with one attached hydrogen (secondary N) is 1. The SMILES string of the molecule is Oc1ccc(N2C(=S)NC(c3ccccn3)C2c2cccn2Cc2cccnc2)cc1. The summed E-state index contributed by atoms with van der Waals surface area (Å²) in [6.45, 7) is 0.706. The number of hydrogen-bond donors (Lipinski definition) is 2. The molecule has 1 aliphatic rings. The van der Waals surface area contributed by atoms with Crippen molar-refractivity contribution in [3.63, 3.8) is 0 Å². The first-order valence-corrected chi connectivity index (χ1v) is 10.4. The molecule has 31 heavy (non-hydrogen) atoms. The van der Waals surface area contributed by atoms with Gasteiger partial charge in [0.2, 0.25) is 0 Å². The Kier molecular flexibility index (Phi) is 5.09. The van der Waals surface area contributed by atoms with Crippen LogP contribution in [-0.2, 0) is 6.54 Å². The van der Waals surface area contributed by atoms with E-state index in [1.165, 1.54) is 0 Å². The van der Waals surface area contributed by atoms with E-state index in [4.69, 9.17) is 12.2 Å². The van der Waals surface area contributed by atoms with Crippen molar-refractivity contribution in [1.82, 2.24) is 19.9 Å². The molecule has 0 saturated carbocycles. The summed E-state index contributed by atoms with van der Waals surface area (Å²) in [4.78, 5) is 11.0. The molecule has 2 unspecified atom stereocenters. The molecule has 2 N–H and O–H groups in total. The highest BCUT2D eigenvalue weighted by atomic mass is 32.1. The lowest BCUT2D eigenvalue weighted by atomic mass is 10.0. The molecule has 0 radical (unpaired) electrons. The van der Waals surface area contributed by atoms with Crippen molar-refractivity contribution in [1.29, 1.82) is 0 Å². The number of pyridine rings is 2. The third-order valence-electron chi connectivity index (χ3n) is 5.47. The van der Waals surface area contributed by atoms with E-state index in [-0.39, 0.29) is 17.8 Å². The molecule has 3 aromatic heterocycles. The molecule has 1 aromatic carbocycles. The van der Waals surface area contributed by atoms with Crippen molar-refractivity contribution >= 4 is 23.0 Å². The van der Waals surface area contributed by atoms with Gasteiger partial charge in [0.1, 0.15) is 11.8 Å². The molecule has 0 amide bonds. The second-order valence-corrected chi connectivity index (χ2v) is 7.82. The molecule has 0 aliphatic carbocycles. The van der Waals surface area contributed by atoms with Gasteiger partial charge in [-0.25, -0.2) is 0 Å². The Morgan fingerprint density at radius 3 is 2.58 bits per heavy atom. The van der Waals surface area contributed by atoms with Gasteiger partial charge in [0.25, 0.3) is 0 Å². The topological polar surface area (TPSA) is 66.2 Å². The van der Waals surface area contributed by atoms with Crippen LogP contribution < -0.4 is 10.2 Å². The number of anilines is 1. The second-order valence-electron chi connectivity index (χ2n) is 7.44. The number of aromatic hydroxyl groups is 1. The number of benzene rings is 1. The van der Waals surface area contributed by atoms with Gasteiger partial charge >= 0.3 is 0 Å². The van der Waals surface area contributed by atoms with Crippen LogP contribution in [0.5, 0.6) is 5.75 Å². The number of phenolic OH excluding ortho intramolecular Hbond substituents is 1. The molecule has 5 rings (SSSR count). The molecule has 0 spiro atoms. The first kappa shape index (κ1) is 19.3. The third kappa shape index (κ3) is 3.75. The summed E-state index contributed by atoms with van der Waals surface area (Å²) in [6.07, 6.45) is 7.54. The number of nitrogens with zero attached hydrogens (tertiary/aromatic N) is 4. The van der Waals surface area contributed by atoms with Crippen molar-refractivity contribution in [2.75, 3.05) is 4.90 Å². The predicted molar refractivity (Wildman–Crippen MR) is 124 cm³/mol. The number of hydrogen-bond acceptors (Lipinski definition) is 4. The van der Waals surface area contributed by atoms with E-state index in [2.05, 4.69) is 49.1 Å². The maximum Gasteiger partial charge on any atom is 0.174 e. The molecule has 0 bridgehead atoms. The molecule has 1 saturated heterocycles. The second kappa shape index (κ2) is 8.20. The zero-order valence-corrected chi connectivity index (χ0v) is 17.5. The average molecular weight is 428 g/mol. The van der Waals surface area contributed by atoms with Gasteiger partial charge in [-0.2, -0.15) is 0 Å². The maximum atomic E-state index is 9.77. The first-order valence-electron chi connectivity index (χ1n) is 10.0. The maximum absolute atomic E-state index is 9.77. The Bertz CT molecular complexity index is 1180. The Hall–Kier alpha value is -3.71. The van der Waals surface area contributed by atoms with Crippen molar-refractivity contribution in [3.05, 3.63) is 108 Å². The Morgan fingerprint density at radius 1 is 0.968 bits per heavy atom. The molecule has 1 fully saturated rings. The lowest BCUT2D eigenvalue weighted by molar-refractivity contribution is 0.475. The fraction of sp³-hybridized carbons (Fsp3) is 0.125. The summed E-state index contributed by atoms with van der Waals surface area (Å²) in [5.74, 6) is 0.222. The van der Waals surface area contributed by atoms with E-state index in [0.29, 0.717) is 11.7 Å². The van der Waals surface area contributed by atoms with Gasteiger partial charge in [-0.1, -0.05) is 12.1 Å². The van der Waals surface area contributed by atoms with Crippen molar-refractivity contribution in [2.45, 2.75) is 18.6 Å². The van der Waals surface area contributed by atoms with Gasteiger partial charge in [-0.05, 0) is 72.4 Å². The predicted octanol–water partition coefficient (Wildman–Crippen LogP) is 4.21. The van der Waals surface area contributed by atoms with Gasteiger partial charge in [0.05, 0.1) is 11.7 Å². The minimum atomic E-state index is -0.120. The summed E-state index contributed by atoms with van der Waals surface area (Å²) in [5, 5.41) is 13.9. The lowest BCUT2D eigenvalue weighted by Crippen LogP contribution is -2.30. The number of aromatic nitrogens is 3. The minimum absolute atomic E-state index is 0.112. The normalized spacial score (nSPS) is 18.2. The van der Waals surface area contributed by atoms with Gasteiger partial charge in [-0.15, -0.1) is 0 Å². The van der Waals surface area contributed by atoms with E-state index < -0.39 is 0 Å². The smallest absolute Gasteiger partial charge is 0.174 e. The van der Waals surface area contributed by atoms with Crippen LogP contribution in [0.1, 0.15) is 29.0 Å². The Morgan fingerprint density at radius 2 is 1.84 bits per heavy atom. The summed E-state index contributed by atoms with van der Waals surface area (Å²) in [5.41, 5.74) is 4.07. The summed E-state index contributed by atoms with van der Waals surface area (Å²) >= 11 is 5.76. The molecular weight excluding hydrogens is 406 g/mol. The van der Waals surface area contributed by atoms with Crippen LogP contribution in [0.4, 0.5) is 5.69 Å². The summed E-state index contributed by atoms with van der Waals surface area (Å²) in [7, 11) is 0. The Balaban J connectivity index is 1.60. The fourth-order valence-electron chi connectivity index (χ4n) is 4.07. The summed E-state index contributed by atoms with van der Waals surface area (Å²) in [6, 6.07) is 21.0. The quantitative estimate of drug-likeness (QED) is 0.465. The standard InChI is InChI=1S/C24H21N5OS/c30-19-10-8-18(9-11-19)29-23(22(27-24(29)31)20-6-1-2-13-26-20)21-7-4-14-28(21)16-17-5-3-12-25-15-17/h1-15,22-23,30H,16H2,(H,27,31). The van der Waals surface area contributed by atoms with Crippen LogP contribution in [0.3, 0.4) is 0 Å². The van der Waals surface area contributed by atoms with Crippen LogP contribution in [0.25, 0.3) is 0 Å². The molecule has 2 atom stereocenters. The van der Waals surface area contributed by atoms with Crippen molar-refractivity contribution < 1.29 is 5.11 Å². The van der Waals surface area contributed by atoms with Gasteiger partial charge in [-0.3, -0.25) is 9.97 Å². The third-order valence-corrected chi connectivity index (χ3v) is 5.78. The highest BCUT2D eigenvalue weighted by Gasteiger charge is 2.42. The van der Waals surface area contributed by atoms with Gasteiger partial charge in [0, 0.05) is 42.7 Å². The van der Waals surface area contributed by atoms with Crippen molar-refractivity contribution in [2.24, 2.45) is 0 Å². The molecule has 154 valence electrons. The highest BCUT2D eigenvalue weighted by molar-refractivity contribution is 7.80. The zero-order chi connectivity index (χ0) is 21.2. The van der Waals surface area contributed by atoms with Crippen LogP contribution in [0.15, 0.2) is 91.5 Å². The fourth-order valence-corrected chi connectivity index (χ4v) is 4.42. The van der Waals surface area contributed by atoms with Gasteiger partial charge < -0.3 is 19.9 Å². The number of rotatable bonds is 5. The molecule has 6 nitrogen and oxygen atoms in total. The van der Waals surface area contributed by atoms with Gasteiger partial charge in [0.15, 0.2) is 5.11 Å². The van der Waals surface area contributed by atoms with Crippen LogP contribution >= 0.6 is 12.2 Å². The first-order chi connectivity index (χ1) is 15.2. The van der Waals surface area contributed by atoms with Crippen LogP contribution in [-0.4, -0.2) is 24.8 Å². The molecule has 4 heterocycles. The number of phenols is 1. The largest absolute Gasteiger partial charge is 0.508 e. The molecule has 4 aromatic rings. The van der Waals surface area contributed by atoms with Crippen LogP contribution in [0, 0.1) is 0 Å². The zero-order valence-electron chi connectivity index (χ0n) is 16.7. The molecule has 7 heteroatoms. The van der Waals surface area contributed by atoms with E-state index in [0.717, 1.165) is 22.6 Å². The monoisotopic (exact) mass is 427 g/mol. The van der Waals surface area contributed by atoms with E-state index in [1.807, 2.05) is 42.6 Å². The average Bonchev–Trinajstić information content (AvgIpc) is 3.39. The van der Waals surface area contributed by atoms with Crippen LogP contribution in [0.2, 0.25) is 0 Å². The van der Waals surface area contributed by atoms with Crippen molar-refractivity contribution in [3.8, 4) is 5.75 Å². The van der Waals surface area contributed by atoms with E-state index >= 15 is 0 Å². The highest BCUT2D eigenvalue weighted by Crippen LogP contribution is 2.41. The molecular formula is C24H21N5OS. The summed E-state index contributed by atoms with van der Waals surface area (Å²) < 4.78 is 2.22. The van der Waals surface area contributed by atoms with E-state index in [9.17, 15) is 5.11 Å². The minimum Gasteiger partial charge on any atom is -0.508 e. The van der Waals surface area contributed by atoms with E-state index in [1.54, 1.807) is 24.5 Å². The number of thiocarbonyl (C=S) groups is 1. The molecule has 1 aliphatic heterocycles.